The van der Waals surface area contributed by atoms with Gasteiger partial charge in [0.2, 0.25) is 5.91 Å². The maximum atomic E-state index is 12.8. The topological polar surface area (TPSA) is 38.8 Å². The molecule has 4 nitrogen and oxygen atoms in total. The lowest BCUT2D eigenvalue weighted by Crippen LogP contribution is -2.31. The fourth-order valence-corrected chi connectivity index (χ4v) is 2.98. The van der Waals surface area contributed by atoms with Crippen molar-refractivity contribution in [3.05, 3.63) is 77.9 Å². The molecule has 1 saturated carbocycles. The zero-order valence-corrected chi connectivity index (χ0v) is 16.6. The van der Waals surface area contributed by atoms with E-state index in [-0.39, 0.29) is 5.91 Å². The Kier molecular flexibility index (Phi) is 6.53. The second kappa shape index (κ2) is 9.27. The minimum atomic E-state index is 0.0361. The molecule has 2 aromatic carbocycles. The molecular formula is C24H27NO3. The van der Waals surface area contributed by atoms with Crippen LogP contribution in [0.1, 0.15) is 29.5 Å². The van der Waals surface area contributed by atoms with Gasteiger partial charge < -0.3 is 14.4 Å². The fraction of sp³-hybridized carbons (Fsp3) is 0.292. The summed E-state index contributed by atoms with van der Waals surface area (Å²) in [7, 11) is 1.60. The summed E-state index contributed by atoms with van der Waals surface area (Å²) in [6, 6.07) is 14.3. The van der Waals surface area contributed by atoms with E-state index >= 15 is 0 Å². The van der Waals surface area contributed by atoms with Gasteiger partial charge in [0.15, 0.2) is 11.5 Å². The number of nitrogens with zero attached hydrogens (tertiary/aromatic N) is 1. The van der Waals surface area contributed by atoms with E-state index in [9.17, 15) is 4.79 Å². The molecule has 0 atom stereocenters. The van der Waals surface area contributed by atoms with Crippen LogP contribution < -0.4 is 9.47 Å². The minimum absolute atomic E-state index is 0.0361. The molecule has 0 aliphatic heterocycles. The highest BCUT2D eigenvalue weighted by molar-refractivity contribution is 5.92. The van der Waals surface area contributed by atoms with Gasteiger partial charge in [-0.1, -0.05) is 48.6 Å². The Bertz CT molecular complexity index is 851. The van der Waals surface area contributed by atoms with Gasteiger partial charge in [0, 0.05) is 18.7 Å². The molecule has 1 fully saturated rings. The Labute approximate surface area is 167 Å². The van der Waals surface area contributed by atoms with Crippen molar-refractivity contribution in [2.75, 3.05) is 13.7 Å². The fourth-order valence-electron chi connectivity index (χ4n) is 2.98. The molecule has 1 amide bonds. The SMILES string of the molecule is C=CCOc1ccc(/C=C/C(=O)N(Cc2ccc(C)cc2)C2CC2)cc1OC. The third-order valence-electron chi connectivity index (χ3n) is 4.71. The molecule has 3 rings (SSSR count). The summed E-state index contributed by atoms with van der Waals surface area (Å²) < 4.78 is 11.0. The summed E-state index contributed by atoms with van der Waals surface area (Å²) in [6.07, 6.45) is 7.31. The number of ether oxygens (including phenoxy) is 2. The molecule has 0 unspecified atom stereocenters. The standard InChI is InChI=1S/C24H27NO3/c1-4-15-28-22-13-9-19(16-23(22)27-3)10-14-24(26)25(21-11-12-21)17-20-7-5-18(2)6-8-20/h4-10,13-14,16,21H,1,11-12,15,17H2,2-3H3/b14-10+. The van der Waals surface area contributed by atoms with E-state index in [2.05, 4.69) is 37.8 Å². The zero-order chi connectivity index (χ0) is 19.9. The van der Waals surface area contributed by atoms with Crippen LogP contribution >= 0.6 is 0 Å². The van der Waals surface area contributed by atoms with Crippen LogP contribution in [0, 0.1) is 6.92 Å². The molecule has 4 heteroatoms. The lowest BCUT2D eigenvalue weighted by molar-refractivity contribution is -0.127. The molecule has 2 aromatic rings. The lowest BCUT2D eigenvalue weighted by Gasteiger charge is -2.21. The molecule has 146 valence electrons. The number of aryl methyl sites for hydroxylation is 1. The normalized spacial score (nSPS) is 13.4. The number of methoxy groups -OCH3 is 1. The summed E-state index contributed by atoms with van der Waals surface area (Å²) in [5.74, 6) is 1.33. The molecular weight excluding hydrogens is 350 g/mol. The molecule has 0 bridgehead atoms. The molecule has 0 heterocycles. The Balaban J connectivity index is 1.70. The number of carbonyl (C=O) groups is 1. The van der Waals surface area contributed by atoms with Crippen LogP contribution in [0.5, 0.6) is 11.5 Å². The van der Waals surface area contributed by atoms with Gasteiger partial charge in [-0.05, 0) is 49.1 Å². The molecule has 0 radical (unpaired) electrons. The number of carbonyl (C=O) groups excluding carboxylic acids is 1. The van der Waals surface area contributed by atoms with Crippen LogP contribution in [-0.4, -0.2) is 30.6 Å². The van der Waals surface area contributed by atoms with E-state index in [0.29, 0.717) is 30.7 Å². The third kappa shape index (κ3) is 5.26. The number of rotatable bonds is 9. The summed E-state index contributed by atoms with van der Waals surface area (Å²) in [5.41, 5.74) is 3.27. The van der Waals surface area contributed by atoms with Crippen LogP contribution in [-0.2, 0) is 11.3 Å². The van der Waals surface area contributed by atoms with Gasteiger partial charge in [-0.3, -0.25) is 4.79 Å². The quantitative estimate of drug-likeness (QED) is 0.467. The van der Waals surface area contributed by atoms with Crippen molar-refractivity contribution < 1.29 is 14.3 Å². The Morgan fingerprint density at radius 2 is 1.93 bits per heavy atom. The first-order chi connectivity index (χ1) is 13.6. The predicted octanol–water partition coefficient (Wildman–Crippen LogP) is 4.77. The number of hydrogen-bond donors (Lipinski definition) is 0. The van der Waals surface area contributed by atoms with Gasteiger partial charge in [-0.25, -0.2) is 0 Å². The van der Waals surface area contributed by atoms with Crippen molar-refractivity contribution in [2.45, 2.75) is 32.4 Å². The number of hydrogen-bond acceptors (Lipinski definition) is 3. The molecule has 1 aliphatic rings. The first-order valence-corrected chi connectivity index (χ1v) is 9.56. The van der Waals surface area contributed by atoms with Crippen molar-refractivity contribution >= 4 is 12.0 Å². The Morgan fingerprint density at radius 1 is 1.18 bits per heavy atom. The van der Waals surface area contributed by atoms with E-state index in [4.69, 9.17) is 9.47 Å². The van der Waals surface area contributed by atoms with E-state index in [0.717, 1.165) is 24.0 Å². The Morgan fingerprint density at radius 3 is 2.57 bits per heavy atom. The van der Waals surface area contributed by atoms with Crippen molar-refractivity contribution in [3.8, 4) is 11.5 Å². The molecule has 0 saturated heterocycles. The van der Waals surface area contributed by atoms with Crippen molar-refractivity contribution in [2.24, 2.45) is 0 Å². The first-order valence-electron chi connectivity index (χ1n) is 9.56. The monoisotopic (exact) mass is 377 g/mol. The van der Waals surface area contributed by atoms with Gasteiger partial charge in [-0.15, -0.1) is 0 Å². The third-order valence-corrected chi connectivity index (χ3v) is 4.71. The highest BCUT2D eigenvalue weighted by Crippen LogP contribution is 2.30. The number of benzene rings is 2. The first kappa shape index (κ1) is 19.7. The van der Waals surface area contributed by atoms with E-state index in [1.807, 2.05) is 29.2 Å². The summed E-state index contributed by atoms with van der Waals surface area (Å²) in [4.78, 5) is 14.8. The molecule has 1 aliphatic carbocycles. The second-order valence-corrected chi connectivity index (χ2v) is 7.03. The van der Waals surface area contributed by atoms with Crippen LogP contribution in [0.15, 0.2) is 61.2 Å². The van der Waals surface area contributed by atoms with Crippen LogP contribution in [0.25, 0.3) is 6.08 Å². The second-order valence-electron chi connectivity index (χ2n) is 7.03. The van der Waals surface area contributed by atoms with Gasteiger partial charge in [0.1, 0.15) is 6.61 Å². The van der Waals surface area contributed by atoms with Gasteiger partial charge in [0.25, 0.3) is 0 Å². The van der Waals surface area contributed by atoms with Crippen molar-refractivity contribution in [1.82, 2.24) is 4.90 Å². The maximum absolute atomic E-state index is 12.8. The summed E-state index contributed by atoms with van der Waals surface area (Å²) >= 11 is 0. The maximum Gasteiger partial charge on any atom is 0.247 e. The van der Waals surface area contributed by atoms with Crippen LogP contribution in [0.2, 0.25) is 0 Å². The molecule has 0 N–H and O–H groups in total. The highest BCUT2D eigenvalue weighted by Gasteiger charge is 2.31. The summed E-state index contributed by atoms with van der Waals surface area (Å²) in [5, 5.41) is 0. The number of amides is 1. The molecule has 0 aromatic heterocycles. The predicted molar refractivity (Wildman–Crippen MR) is 112 cm³/mol. The van der Waals surface area contributed by atoms with E-state index in [1.54, 1.807) is 19.3 Å². The van der Waals surface area contributed by atoms with Crippen LogP contribution in [0.3, 0.4) is 0 Å². The van der Waals surface area contributed by atoms with Gasteiger partial charge in [0.05, 0.1) is 7.11 Å². The van der Waals surface area contributed by atoms with Crippen molar-refractivity contribution in [3.63, 3.8) is 0 Å². The van der Waals surface area contributed by atoms with Crippen LogP contribution in [0.4, 0.5) is 0 Å². The van der Waals surface area contributed by atoms with E-state index in [1.165, 1.54) is 5.56 Å². The highest BCUT2D eigenvalue weighted by atomic mass is 16.5. The molecule has 0 spiro atoms. The smallest absolute Gasteiger partial charge is 0.247 e. The average molecular weight is 377 g/mol. The minimum Gasteiger partial charge on any atom is -0.493 e. The molecule has 28 heavy (non-hydrogen) atoms. The van der Waals surface area contributed by atoms with E-state index < -0.39 is 0 Å². The average Bonchev–Trinajstić information content (AvgIpc) is 3.55. The van der Waals surface area contributed by atoms with Crippen molar-refractivity contribution in [1.29, 1.82) is 0 Å². The summed E-state index contributed by atoms with van der Waals surface area (Å²) in [6.45, 7) is 6.78. The largest absolute Gasteiger partial charge is 0.493 e. The zero-order valence-electron chi connectivity index (χ0n) is 16.6. The lowest BCUT2D eigenvalue weighted by atomic mass is 10.1. The Hall–Kier alpha value is -3.01. The van der Waals surface area contributed by atoms with Gasteiger partial charge >= 0.3 is 0 Å². The van der Waals surface area contributed by atoms with Gasteiger partial charge in [-0.2, -0.15) is 0 Å².